The zero-order chi connectivity index (χ0) is 25.9. The molecule has 4 aromatic rings. The molecule has 0 saturated carbocycles. The molecule has 3 aromatic heterocycles. The molecule has 1 amide bonds. The van der Waals surface area contributed by atoms with E-state index in [0.717, 1.165) is 12.1 Å². The molecule has 0 unspecified atom stereocenters. The van der Waals surface area contributed by atoms with Gasteiger partial charge in [-0.1, -0.05) is 6.07 Å². The van der Waals surface area contributed by atoms with Crippen molar-refractivity contribution in [2.45, 2.75) is 45.1 Å². The monoisotopic (exact) mass is 502 g/mol. The van der Waals surface area contributed by atoms with Crippen molar-refractivity contribution in [3.05, 3.63) is 65.1 Å². The van der Waals surface area contributed by atoms with Crippen LogP contribution >= 0.6 is 0 Å². The van der Waals surface area contributed by atoms with Crippen LogP contribution in [-0.2, 0) is 10.9 Å². The van der Waals surface area contributed by atoms with Crippen LogP contribution in [0.1, 0.15) is 60.2 Å². The molecule has 2 atom stereocenters. The van der Waals surface area contributed by atoms with Crippen LogP contribution in [-0.4, -0.2) is 42.8 Å². The van der Waals surface area contributed by atoms with Gasteiger partial charge in [-0.05, 0) is 32.9 Å². The Labute approximate surface area is 202 Å². The van der Waals surface area contributed by atoms with Gasteiger partial charge in [0.05, 0.1) is 53.6 Å². The number of imidazole rings is 1. The second kappa shape index (κ2) is 8.40. The van der Waals surface area contributed by atoms with E-state index in [0.29, 0.717) is 16.6 Å². The first-order chi connectivity index (χ1) is 17.0. The Hall–Kier alpha value is -3.80. The van der Waals surface area contributed by atoms with Crippen molar-refractivity contribution >= 4 is 28.3 Å². The molecular weight excluding hydrogens is 480 g/mol. The highest BCUT2D eigenvalue weighted by Crippen LogP contribution is 2.39. The maximum Gasteiger partial charge on any atom is 0.433 e. The van der Waals surface area contributed by atoms with Crippen molar-refractivity contribution in [1.29, 1.82) is 0 Å². The Bertz CT molecular complexity index is 1500. The number of pyridine rings is 1. The van der Waals surface area contributed by atoms with Gasteiger partial charge in [-0.3, -0.25) is 9.20 Å². The maximum absolute atomic E-state index is 15.2. The van der Waals surface area contributed by atoms with E-state index in [4.69, 9.17) is 10.5 Å². The molecule has 0 bridgehead atoms. The first-order valence-corrected chi connectivity index (χ1v) is 11.2. The summed E-state index contributed by atoms with van der Waals surface area (Å²) >= 11 is 0. The fourth-order valence-electron chi connectivity index (χ4n) is 4.62. The second-order valence-electron chi connectivity index (χ2n) is 8.93. The third kappa shape index (κ3) is 3.81. The second-order valence-corrected chi connectivity index (χ2v) is 8.93. The average Bonchev–Trinajstić information content (AvgIpc) is 3.30. The predicted octanol–water partition coefficient (Wildman–Crippen LogP) is 4.70. The van der Waals surface area contributed by atoms with Gasteiger partial charge in [-0.2, -0.15) is 13.2 Å². The molecule has 188 valence electrons. The molecule has 0 saturated heterocycles. The first-order valence-electron chi connectivity index (χ1n) is 11.2. The van der Waals surface area contributed by atoms with Crippen molar-refractivity contribution in [2.24, 2.45) is 0 Å². The Morgan fingerprint density at radius 3 is 2.67 bits per heavy atom. The summed E-state index contributed by atoms with van der Waals surface area (Å²) in [4.78, 5) is 27.2. The van der Waals surface area contributed by atoms with Crippen LogP contribution in [0.4, 0.5) is 23.4 Å². The summed E-state index contributed by atoms with van der Waals surface area (Å²) in [6.07, 6.45) is -2.34. The number of benzene rings is 1. The quantitative estimate of drug-likeness (QED) is 0.408. The van der Waals surface area contributed by atoms with Crippen molar-refractivity contribution in [1.82, 2.24) is 24.3 Å². The molecule has 2 N–H and O–H groups in total. The van der Waals surface area contributed by atoms with Gasteiger partial charge in [0, 0.05) is 17.7 Å². The Morgan fingerprint density at radius 1 is 1.22 bits per heavy atom. The highest BCUT2D eigenvalue weighted by molar-refractivity contribution is 5.99. The normalized spacial score (nSPS) is 18.1. The van der Waals surface area contributed by atoms with E-state index in [-0.39, 0.29) is 29.2 Å². The molecule has 12 heteroatoms. The lowest BCUT2D eigenvalue weighted by atomic mass is 9.96. The maximum atomic E-state index is 15.2. The number of nitrogens with zero attached hydrogens (tertiary/aromatic N) is 5. The predicted molar refractivity (Wildman–Crippen MR) is 123 cm³/mol. The van der Waals surface area contributed by atoms with E-state index in [1.54, 1.807) is 25.2 Å². The van der Waals surface area contributed by atoms with Crippen molar-refractivity contribution in [3.63, 3.8) is 0 Å². The SMILES string of the molecule is CC(C)N(C(=O)c1cc2c(cc1F)nc(N)c1cncn12)[C@@H]1CO[C@H](C)c2nc(C(F)(F)F)ccc21. The van der Waals surface area contributed by atoms with Gasteiger partial charge in [0.1, 0.15) is 22.8 Å². The van der Waals surface area contributed by atoms with Crippen LogP contribution in [0.15, 0.2) is 36.8 Å². The van der Waals surface area contributed by atoms with Crippen molar-refractivity contribution in [2.75, 3.05) is 12.3 Å². The number of amides is 1. The summed E-state index contributed by atoms with van der Waals surface area (Å²) in [6.45, 7) is 5.09. The van der Waals surface area contributed by atoms with E-state index in [2.05, 4.69) is 15.0 Å². The number of aromatic nitrogens is 4. The molecular formula is C24H22F4N6O2. The highest BCUT2D eigenvalue weighted by Gasteiger charge is 2.39. The number of anilines is 1. The van der Waals surface area contributed by atoms with Crippen molar-refractivity contribution in [3.8, 4) is 0 Å². The third-order valence-electron chi connectivity index (χ3n) is 6.32. The van der Waals surface area contributed by atoms with Crippen LogP contribution < -0.4 is 5.73 Å². The number of hydrogen-bond donors (Lipinski definition) is 1. The Morgan fingerprint density at radius 2 is 1.97 bits per heavy atom. The number of nitrogens with two attached hydrogens (primary N) is 1. The number of hydrogen-bond acceptors (Lipinski definition) is 6. The van der Waals surface area contributed by atoms with Gasteiger partial charge in [-0.25, -0.2) is 19.3 Å². The molecule has 1 aliphatic heterocycles. The Kier molecular flexibility index (Phi) is 5.58. The number of fused-ring (bicyclic) bond motifs is 4. The summed E-state index contributed by atoms with van der Waals surface area (Å²) in [7, 11) is 0. The number of nitrogen functional groups attached to an aromatic ring is 1. The standard InChI is InChI=1S/C24H22F4N6O2/c1-11(2)34(19-9-36-12(3)21-13(19)4-5-20(32-21)24(26,27)28)23(35)14-6-17-16(7-15(14)25)31-22(29)18-8-30-10-33(17)18/h4-8,10-12,19H,9H2,1-3H3,(H2,29,31)/t12-,19-/m1/s1. The fourth-order valence-corrected chi connectivity index (χ4v) is 4.62. The summed E-state index contributed by atoms with van der Waals surface area (Å²) in [5.74, 6) is -1.29. The molecule has 0 spiro atoms. The molecule has 0 aliphatic carbocycles. The third-order valence-corrected chi connectivity index (χ3v) is 6.32. The molecule has 0 radical (unpaired) electrons. The highest BCUT2D eigenvalue weighted by atomic mass is 19.4. The molecule has 5 rings (SSSR count). The lowest BCUT2D eigenvalue weighted by molar-refractivity contribution is -0.141. The molecule has 36 heavy (non-hydrogen) atoms. The number of ether oxygens (including phenoxy) is 1. The Balaban J connectivity index is 1.62. The van der Waals surface area contributed by atoms with Crippen LogP contribution in [0.2, 0.25) is 0 Å². The van der Waals surface area contributed by atoms with E-state index in [1.807, 2.05) is 0 Å². The summed E-state index contributed by atoms with van der Waals surface area (Å²) in [5, 5.41) is 0. The molecule has 0 fully saturated rings. The lowest BCUT2D eigenvalue weighted by Gasteiger charge is -2.39. The van der Waals surface area contributed by atoms with Crippen LogP contribution in [0, 0.1) is 5.82 Å². The number of halogens is 4. The van der Waals surface area contributed by atoms with E-state index >= 15 is 4.39 Å². The molecule has 1 aliphatic rings. The van der Waals surface area contributed by atoms with E-state index in [9.17, 15) is 18.0 Å². The zero-order valence-corrected chi connectivity index (χ0v) is 19.5. The smallest absolute Gasteiger partial charge is 0.382 e. The van der Waals surface area contributed by atoms with Crippen molar-refractivity contribution < 1.29 is 27.1 Å². The first kappa shape index (κ1) is 23.9. The summed E-state index contributed by atoms with van der Waals surface area (Å²) in [6, 6.07) is 3.49. The van der Waals surface area contributed by atoms with Crippen LogP contribution in [0.5, 0.6) is 0 Å². The minimum atomic E-state index is -4.63. The number of alkyl halides is 3. The van der Waals surface area contributed by atoms with Crippen LogP contribution in [0.3, 0.4) is 0 Å². The zero-order valence-electron chi connectivity index (χ0n) is 19.5. The van der Waals surface area contributed by atoms with Gasteiger partial charge < -0.3 is 15.4 Å². The van der Waals surface area contributed by atoms with Crippen LogP contribution in [0.25, 0.3) is 16.6 Å². The summed E-state index contributed by atoms with van der Waals surface area (Å²) < 4.78 is 62.4. The lowest BCUT2D eigenvalue weighted by Crippen LogP contribution is -2.44. The van der Waals surface area contributed by atoms with Gasteiger partial charge in [-0.15, -0.1) is 0 Å². The minimum Gasteiger partial charge on any atom is -0.382 e. The average molecular weight is 502 g/mol. The van der Waals surface area contributed by atoms with Gasteiger partial charge in [0.25, 0.3) is 5.91 Å². The molecule has 8 nitrogen and oxygen atoms in total. The molecule has 1 aromatic carbocycles. The molecule has 4 heterocycles. The number of carbonyl (C=O) groups is 1. The van der Waals surface area contributed by atoms with Gasteiger partial charge in [0.15, 0.2) is 0 Å². The minimum absolute atomic E-state index is 0.0180. The fraction of sp³-hybridized carbons (Fsp3) is 0.333. The van der Waals surface area contributed by atoms with Gasteiger partial charge >= 0.3 is 6.18 Å². The van der Waals surface area contributed by atoms with E-state index in [1.165, 1.54) is 29.6 Å². The van der Waals surface area contributed by atoms with E-state index < -0.39 is 41.8 Å². The topological polar surface area (TPSA) is 98.6 Å². The number of carbonyl (C=O) groups excluding carboxylic acids is 1. The largest absolute Gasteiger partial charge is 0.433 e. The van der Waals surface area contributed by atoms with Gasteiger partial charge in [0.2, 0.25) is 0 Å². The number of rotatable bonds is 3. The summed E-state index contributed by atoms with van der Waals surface area (Å²) in [5.41, 5.74) is 6.36.